The molecule has 0 unspecified atom stereocenters. The van der Waals surface area contributed by atoms with Gasteiger partial charge in [-0.2, -0.15) is 0 Å². The van der Waals surface area contributed by atoms with E-state index < -0.39 is 0 Å². The number of halogens is 1. The monoisotopic (exact) mass is 350 g/mol. The molecule has 0 radical (unpaired) electrons. The Morgan fingerprint density at radius 1 is 0.962 bits per heavy atom. The minimum Gasteiger partial charge on any atom is -0.455 e. The summed E-state index contributed by atoms with van der Waals surface area (Å²) in [5.74, 6) is 0.724. The summed E-state index contributed by atoms with van der Waals surface area (Å²) in [5, 5.41) is 5.84. The first kappa shape index (κ1) is 17.5. The van der Waals surface area contributed by atoms with Gasteiger partial charge < -0.3 is 15.4 Å². The first-order chi connectivity index (χ1) is 12.6. The number of aryl methyl sites for hydroxylation is 1. The standard InChI is InChI=1S/C21H19FN2O2/c1-15-13-16(22)11-12-18(15)23-14-21(25)24-19-9-5-6-10-20(19)26-17-7-3-2-4-8-17/h2-13,23H,14H2,1H3,(H,24,25). The summed E-state index contributed by atoms with van der Waals surface area (Å²) in [6.07, 6.45) is 0. The number of hydrogen-bond acceptors (Lipinski definition) is 3. The van der Waals surface area contributed by atoms with E-state index in [9.17, 15) is 9.18 Å². The Morgan fingerprint density at radius 3 is 2.46 bits per heavy atom. The molecule has 0 fully saturated rings. The number of ether oxygens (including phenoxy) is 1. The van der Waals surface area contributed by atoms with Gasteiger partial charge in [-0.15, -0.1) is 0 Å². The first-order valence-electron chi connectivity index (χ1n) is 8.23. The van der Waals surface area contributed by atoms with E-state index in [1.807, 2.05) is 42.5 Å². The molecule has 0 bridgehead atoms. The minimum absolute atomic E-state index is 0.0617. The maximum absolute atomic E-state index is 13.1. The fourth-order valence-corrected chi connectivity index (χ4v) is 2.47. The molecule has 3 rings (SSSR count). The molecule has 132 valence electrons. The van der Waals surface area contributed by atoms with Gasteiger partial charge in [0.1, 0.15) is 11.6 Å². The molecule has 0 atom stereocenters. The van der Waals surface area contributed by atoms with Crippen LogP contribution in [0.3, 0.4) is 0 Å². The molecule has 0 aliphatic heterocycles. The lowest BCUT2D eigenvalue weighted by atomic mass is 10.2. The molecule has 4 nitrogen and oxygen atoms in total. The Labute approximate surface area is 151 Å². The maximum Gasteiger partial charge on any atom is 0.243 e. The van der Waals surface area contributed by atoms with Crippen LogP contribution >= 0.6 is 0 Å². The number of carbonyl (C=O) groups is 1. The molecule has 0 aliphatic carbocycles. The number of benzene rings is 3. The smallest absolute Gasteiger partial charge is 0.243 e. The second kappa shape index (κ2) is 8.16. The Bertz CT molecular complexity index is 898. The lowest BCUT2D eigenvalue weighted by Gasteiger charge is -2.13. The number of para-hydroxylation sites is 3. The van der Waals surface area contributed by atoms with Crippen LogP contribution in [-0.2, 0) is 4.79 Å². The maximum atomic E-state index is 13.1. The highest BCUT2D eigenvalue weighted by molar-refractivity contribution is 5.95. The van der Waals surface area contributed by atoms with Crippen molar-refractivity contribution in [2.75, 3.05) is 17.2 Å². The number of anilines is 2. The summed E-state index contributed by atoms with van der Waals surface area (Å²) in [4.78, 5) is 12.3. The Kier molecular flexibility index (Phi) is 5.49. The molecule has 0 aliphatic rings. The van der Waals surface area contributed by atoms with Gasteiger partial charge in [0.2, 0.25) is 5.91 Å². The second-order valence-corrected chi connectivity index (χ2v) is 5.77. The van der Waals surface area contributed by atoms with Gasteiger partial charge in [-0.25, -0.2) is 4.39 Å². The quantitative estimate of drug-likeness (QED) is 0.659. The molecule has 26 heavy (non-hydrogen) atoms. The van der Waals surface area contributed by atoms with Crippen LogP contribution in [0.15, 0.2) is 72.8 Å². The zero-order valence-electron chi connectivity index (χ0n) is 14.3. The largest absolute Gasteiger partial charge is 0.455 e. The summed E-state index contributed by atoms with van der Waals surface area (Å²) in [6.45, 7) is 1.85. The number of hydrogen-bond donors (Lipinski definition) is 2. The molecular weight excluding hydrogens is 331 g/mol. The van der Waals surface area contributed by atoms with Gasteiger partial charge in [0, 0.05) is 5.69 Å². The molecule has 0 saturated heterocycles. The van der Waals surface area contributed by atoms with E-state index in [0.717, 1.165) is 11.3 Å². The van der Waals surface area contributed by atoms with E-state index >= 15 is 0 Å². The third-order valence-corrected chi connectivity index (χ3v) is 3.76. The van der Waals surface area contributed by atoms with Crippen molar-refractivity contribution in [3.8, 4) is 11.5 Å². The zero-order valence-corrected chi connectivity index (χ0v) is 14.3. The summed E-state index contributed by atoms with van der Waals surface area (Å²) in [6, 6.07) is 21.0. The van der Waals surface area contributed by atoms with Gasteiger partial charge in [0.05, 0.1) is 12.2 Å². The molecule has 0 aromatic heterocycles. The van der Waals surface area contributed by atoms with Crippen molar-refractivity contribution < 1.29 is 13.9 Å². The zero-order chi connectivity index (χ0) is 18.4. The Hall–Kier alpha value is -3.34. The molecular formula is C21H19FN2O2. The molecule has 0 spiro atoms. The van der Waals surface area contributed by atoms with Crippen molar-refractivity contribution in [3.63, 3.8) is 0 Å². The second-order valence-electron chi connectivity index (χ2n) is 5.77. The Balaban J connectivity index is 1.64. The van der Waals surface area contributed by atoms with Gasteiger partial charge in [0.25, 0.3) is 0 Å². The number of carbonyl (C=O) groups excluding carboxylic acids is 1. The first-order valence-corrected chi connectivity index (χ1v) is 8.23. The molecule has 0 saturated carbocycles. The summed E-state index contributed by atoms with van der Waals surface area (Å²) in [7, 11) is 0. The molecule has 1 amide bonds. The molecule has 3 aromatic carbocycles. The minimum atomic E-state index is -0.301. The predicted octanol–water partition coefficient (Wildman–Crippen LogP) is 4.98. The van der Waals surface area contributed by atoms with Gasteiger partial charge in [0.15, 0.2) is 5.75 Å². The van der Waals surface area contributed by atoms with E-state index in [1.54, 1.807) is 25.1 Å². The normalized spacial score (nSPS) is 10.2. The number of amides is 1. The van der Waals surface area contributed by atoms with Crippen LogP contribution < -0.4 is 15.4 Å². The van der Waals surface area contributed by atoms with E-state index in [-0.39, 0.29) is 18.3 Å². The van der Waals surface area contributed by atoms with Crippen LogP contribution in [0.2, 0.25) is 0 Å². The summed E-state index contributed by atoms with van der Waals surface area (Å²) >= 11 is 0. The van der Waals surface area contributed by atoms with Gasteiger partial charge in [-0.05, 0) is 55.0 Å². The van der Waals surface area contributed by atoms with Crippen molar-refractivity contribution in [2.45, 2.75) is 6.92 Å². The lowest BCUT2D eigenvalue weighted by Crippen LogP contribution is -2.22. The molecule has 0 heterocycles. The van der Waals surface area contributed by atoms with Crippen LogP contribution in [0, 0.1) is 12.7 Å². The van der Waals surface area contributed by atoms with Crippen LogP contribution in [0.25, 0.3) is 0 Å². The van der Waals surface area contributed by atoms with Crippen molar-refractivity contribution in [3.05, 3.63) is 84.2 Å². The fourth-order valence-electron chi connectivity index (χ4n) is 2.47. The van der Waals surface area contributed by atoms with E-state index in [4.69, 9.17) is 4.74 Å². The molecule has 3 aromatic rings. The average Bonchev–Trinajstić information content (AvgIpc) is 2.63. The van der Waals surface area contributed by atoms with E-state index in [0.29, 0.717) is 17.2 Å². The number of rotatable bonds is 6. The van der Waals surface area contributed by atoms with Crippen LogP contribution in [0.5, 0.6) is 11.5 Å². The molecule has 5 heteroatoms. The summed E-state index contributed by atoms with van der Waals surface area (Å²) in [5.41, 5.74) is 2.04. The van der Waals surface area contributed by atoms with Crippen LogP contribution in [-0.4, -0.2) is 12.5 Å². The lowest BCUT2D eigenvalue weighted by molar-refractivity contribution is -0.114. The van der Waals surface area contributed by atoms with Crippen molar-refractivity contribution in [1.29, 1.82) is 0 Å². The average molecular weight is 350 g/mol. The Morgan fingerprint density at radius 2 is 1.69 bits per heavy atom. The summed E-state index contributed by atoms with van der Waals surface area (Å²) < 4.78 is 19.0. The van der Waals surface area contributed by atoms with E-state index in [2.05, 4.69) is 10.6 Å². The highest BCUT2D eigenvalue weighted by atomic mass is 19.1. The SMILES string of the molecule is Cc1cc(F)ccc1NCC(=O)Nc1ccccc1Oc1ccccc1. The van der Waals surface area contributed by atoms with Crippen LogP contribution in [0.4, 0.5) is 15.8 Å². The predicted molar refractivity (Wildman–Crippen MR) is 101 cm³/mol. The van der Waals surface area contributed by atoms with Crippen molar-refractivity contribution in [1.82, 2.24) is 0 Å². The van der Waals surface area contributed by atoms with Crippen molar-refractivity contribution >= 4 is 17.3 Å². The molecule has 2 N–H and O–H groups in total. The fraction of sp³-hybridized carbons (Fsp3) is 0.0952. The third-order valence-electron chi connectivity index (χ3n) is 3.76. The van der Waals surface area contributed by atoms with Gasteiger partial charge in [-0.3, -0.25) is 4.79 Å². The topological polar surface area (TPSA) is 50.4 Å². The van der Waals surface area contributed by atoms with Gasteiger partial charge in [-0.1, -0.05) is 30.3 Å². The highest BCUT2D eigenvalue weighted by Gasteiger charge is 2.09. The van der Waals surface area contributed by atoms with Crippen molar-refractivity contribution in [2.24, 2.45) is 0 Å². The third kappa shape index (κ3) is 4.60. The van der Waals surface area contributed by atoms with Gasteiger partial charge >= 0.3 is 0 Å². The highest BCUT2D eigenvalue weighted by Crippen LogP contribution is 2.29. The number of nitrogens with one attached hydrogen (secondary N) is 2. The van der Waals surface area contributed by atoms with E-state index in [1.165, 1.54) is 12.1 Å². The van der Waals surface area contributed by atoms with Crippen LogP contribution in [0.1, 0.15) is 5.56 Å².